The molecule has 1 aliphatic heterocycles. The van der Waals surface area contributed by atoms with Crippen LogP contribution in [0.15, 0.2) is 6.20 Å². The summed E-state index contributed by atoms with van der Waals surface area (Å²) in [6.45, 7) is 4.64. The lowest BCUT2D eigenvalue weighted by molar-refractivity contribution is 0.0647. The van der Waals surface area contributed by atoms with Crippen LogP contribution in [0.25, 0.3) is 0 Å². The Labute approximate surface area is 94.5 Å². The van der Waals surface area contributed by atoms with Gasteiger partial charge in [0, 0.05) is 12.2 Å². The van der Waals surface area contributed by atoms with Crippen LogP contribution in [0.5, 0.6) is 0 Å². The lowest BCUT2D eigenvalue weighted by Crippen LogP contribution is -2.39. The Balaban J connectivity index is 2.20. The highest BCUT2D eigenvalue weighted by molar-refractivity contribution is 5.95. The first-order chi connectivity index (χ1) is 7.65. The number of nitrogens with one attached hydrogen (secondary N) is 1. The van der Waals surface area contributed by atoms with E-state index in [0.717, 1.165) is 18.7 Å². The molecule has 2 rings (SSSR count). The summed E-state index contributed by atoms with van der Waals surface area (Å²) < 4.78 is 0. The van der Waals surface area contributed by atoms with Gasteiger partial charge < -0.3 is 10.0 Å². The Morgan fingerprint density at radius 3 is 3.06 bits per heavy atom. The number of hydrogen-bond donors (Lipinski definition) is 2. The minimum atomic E-state index is -0.0539. The van der Waals surface area contributed by atoms with Gasteiger partial charge in [-0.1, -0.05) is 6.92 Å². The molecule has 0 spiro atoms. The number of nitrogens with zero attached hydrogens (tertiary/aromatic N) is 2. The van der Waals surface area contributed by atoms with Gasteiger partial charge in [-0.3, -0.25) is 9.89 Å². The molecule has 0 aromatic carbocycles. The third kappa shape index (κ3) is 1.71. The fourth-order valence-electron chi connectivity index (χ4n) is 2.26. The van der Waals surface area contributed by atoms with Crippen LogP contribution in [0, 0.1) is 12.8 Å². The maximum absolute atomic E-state index is 12.2. The number of H-pyrrole nitrogens is 1. The normalized spacial score (nSPS) is 25.1. The molecule has 1 aromatic rings. The van der Waals surface area contributed by atoms with E-state index >= 15 is 0 Å². The molecule has 2 atom stereocenters. The average Bonchev–Trinajstić information content (AvgIpc) is 2.83. The van der Waals surface area contributed by atoms with E-state index in [9.17, 15) is 9.90 Å². The molecule has 1 fully saturated rings. The zero-order valence-electron chi connectivity index (χ0n) is 9.60. The van der Waals surface area contributed by atoms with Gasteiger partial charge in [-0.15, -0.1) is 0 Å². The van der Waals surface area contributed by atoms with E-state index in [1.165, 1.54) is 0 Å². The number of carbonyl (C=O) groups excluding carboxylic acids is 1. The fraction of sp³-hybridized carbons (Fsp3) is 0.636. The predicted molar refractivity (Wildman–Crippen MR) is 59.0 cm³/mol. The Morgan fingerprint density at radius 1 is 1.75 bits per heavy atom. The number of aliphatic hydroxyl groups excluding tert-OH is 1. The van der Waals surface area contributed by atoms with Gasteiger partial charge in [0.2, 0.25) is 0 Å². The summed E-state index contributed by atoms with van der Waals surface area (Å²) in [6.07, 6.45) is 2.50. The number of aromatic amines is 1. The Morgan fingerprint density at radius 2 is 2.50 bits per heavy atom. The van der Waals surface area contributed by atoms with E-state index in [1.807, 2.05) is 6.92 Å². The molecule has 88 valence electrons. The van der Waals surface area contributed by atoms with E-state index in [4.69, 9.17) is 0 Å². The molecule has 2 N–H and O–H groups in total. The monoisotopic (exact) mass is 223 g/mol. The SMILES string of the molecule is Cc1[nH]ncc1C(=O)N1CCC(C)C1CO. The van der Waals surface area contributed by atoms with Crippen molar-refractivity contribution in [3.05, 3.63) is 17.5 Å². The molecule has 1 amide bonds. The first kappa shape index (κ1) is 11.1. The van der Waals surface area contributed by atoms with Crippen LogP contribution in [-0.4, -0.2) is 45.3 Å². The highest BCUT2D eigenvalue weighted by Gasteiger charge is 2.34. The average molecular weight is 223 g/mol. The van der Waals surface area contributed by atoms with Gasteiger partial charge in [-0.05, 0) is 19.3 Å². The predicted octanol–water partition coefficient (Wildman–Crippen LogP) is 0.561. The summed E-state index contributed by atoms with van der Waals surface area (Å²) >= 11 is 0. The lowest BCUT2D eigenvalue weighted by Gasteiger charge is -2.24. The Bertz CT molecular complexity index is 388. The molecule has 1 saturated heterocycles. The quantitative estimate of drug-likeness (QED) is 0.769. The molecule has 0 saturated carbocycles. The molecule has 1 aromatic heterocycles. The number of hydrogen-bond acceptors (Lipinski definition) is 3. The Hall–Kier alpha value is -1.36. The number of aromatic nitrogens is 2. The third-order valence-corrected chi connectivity index (χ3v) is 3.39. The molecule has 16 heavy (non-hydrogen) atoms. The van der Waals surface area contributed by atoms with Gasteiger partial charge in [0.25, 0.3) is 5.91 Å². The third-order valence-electron chi connectivity index (χ3n) is 3.39. The number of aryl methyl sites for hydroxylation is 1. The van der Waals surface area contributed by atoms with Crippen molar-refractivity contribution in [2.24, 2.45) is 5.92 Å². The van der Waals surface area contributed by atoms with Crippen molar-refractivity contribution in [1.82, 2.24) is 15.1 Å². The lowest BCUT2D eigenvalue weighted by atomic mass is 10.0. The van der Waals surface area contributed by atoms with Crippen LogP contribution in [0.2, 0.25) is 0 Å². The van der Waals surface area contributed by atoms with E-state index in [1.54, 1.807) is 11.1 Å². The number of amides is 1. The summed E-state index contributed by atoms with van der Waals surface area (Å²) in [6, 6.07) is -0.0539. The van der Waals surface area contributed by atoms with Crippen LogP contribution in [0.1, 0.15) is 29.4 Å². The number of carbonyl (C=O) groups is 1. The van der Waals surface area contributed by atoms with Crippen LogP contribution < -0.4 is 0 Å². The fourth-order valence-corrected chi connectivity index (χ4v) is 2.26. The van der Waals surface area contributed by atoms with Crippen molar-refractivity contribution < 1.29 is 9.90 Å². The van der Waals surface area contributed by atoms with Crippen LogP contribution in [-0.2, 0) is 0 Å². The van der Waals surface area contributed by atoms with Crippen molar-refractivity contribution in [2.75, 3.05) is 13.2 Å². The summed E-state index contributed by atoms with van der Waals surface area (Å²) in [5, 5.41) is 15.9. The molecule has 2 unspecified atom stereocenters. The summed E-state index contributed by atoms with van der Waals surface area (Å²) in [5.74, 6) is 0.329. The molecule has 0 bridgehead atoms. The van der Waals surface area contributed by atoms with E-state index in [2.05, 4.69) is 17.1 Å². The highest BCUT2D eigenvalue weighted by Crippen LogP contribution is 2.25. The first-order valence-corrected chi connectivity index (χ1v) is 5.57. The number of likely N-dealkylation sites (tertiary alicyclic amines) is 1. The van der Waals surface area contributed by atoms with E-state index in [0.29, 0.717) is 11.5 Å². The Kier molecular flexibility index (Phi) is 2.96. The minimum absolute atomic E-state index is 0.0316. The molecule has 5 heteroatoms. The second-order valence-corrected chi connectivity index (χ2v) is 4.42. The zero-order chi connectivity index (χ0) is 11.7. The van der Waals surface area contributed by atoms with E-state index in [-0.39, 0.29) is 18.6 Å². The van der Waals surface area contributed by atoms with Crippen LogP contribution >= 0.6 is 0 Å². The zero-order valence-corrected chi connectivity index (χ0v) is 9.60. The summed E-state index contributed by atoms with van der Waals surface area (Å²) in [7, 11) is 0. The molecule has 1 aliphatic rings. The van der Waals surface area contributed by atoms with Crippen molar-refractivity contribution in [1.29, 1.82) is 0 Å². The molecule has 5 nitrogen and oxygen atoms in total. The second-order valence-electron chi connectivity index (χ2n) is 4.42. The summed E-state index contributed by atoms with van der Waals surface area (Å²) in [5.41, 5.74) is 1.38. The molecular weight excluding hydrogens is 206 g/mol. The van der Waals surface area contributed by atoms with E-state index < -0.39 is 0 Å². The molecule has 0 aliphatic carbocycles. The van der Waals surface area contributed by atoms with Crippen molar-refractivity contribution in [3.8, 4) is 0 Å². The molecule has 2 heterocycles. The molecular formula is C11H17N3O2. The van der Waals surface area contributed by atoms with Gasteiger partial charge in [0.1, 0.15) is 0 Å². The number of rotatable bonds is 2. The van der Waals surface area contributed by atoms with Gasteiger partial charge in [-0.2, -0.15) is 5.10 Å². The van der Waals surface area contributed by atoms with Gasteiger partial charge in [0.15, 0.2) is 0 Å². The van der Waals surface area contributed by atoms with Crippen LogP contribution in [0.3, 0.4) is 0 Å². The van der Waals surface area contributed by atoms with Crippen LogP contribution in [0.4, 0.5) is 0 Å². The van der Waals surface area contributed by atoms with Gasteiger partial charge in [-0.25, -0.2) is 0 Å². The first-order valence-electron chi connectivity index (χ1n) is 5.57. The highest BCUT2D eigenvalue weighted by atomic mass is 16.3. The second kappa shape index (κ2) is 4.25. The van der Waals surface area contributed by atoms with Gasteiger partial charge in [0.05, 0.1) is 24.4 Å². The van der Waals surface area contributed by atoms with Crippen molar-refractivity contribution in [3.63, 3.8) is 0 Å². The smallest absolute Gasteiger partial charge is 0.257 e. The van der Waals surface area contributed by atoms with Crippen molar-refractivity contribution in [2.45, 2.75) is 26.3 Å². The maximum Gasteiger partial charge on any atom is 0.257 e. The molecule has 0 radical (unpaired) electrons. The van der Waals surface area contributed by atoms with Crippen molar-refractivity contribution >= 4 is 5.91 Å². The van der Waals surface area contributed by atoms with Gasteiger partial charge >= 0.3 is 0 Å². The topological polar surface area (TPSA) is 69.2 Å². The minimum Gasteiger partial charge on any atom is -0.394 e. The number of aliphatic hydroxyl groups is 1. The standard InChI is InChI=1S/C11H17N3O2/c1-7-3-4-14(10(7)6-15)11(16)9-5-12-13-8(9)2/h5,7,10,15H,3-4,6H2,1-2H3,(H,12,13). The maximum atomic E-state index is 12.2. The summed E-state index contributed by atoms with van der Waals surface area (Å²) in [4.78, 5) is 14.0. The largest absolute Gasteiger partial charge is 0.394 e.